The molecule has 0 radical (unpaired) electrons. The molecule has 1 aromatic carbocycles. The largest absolute Gasteiger partial charge is 0.344 e. The van der Waals surface area contributed by atoms with Crippen molar-refractivity contribution in [2.24, 2.45) is 0 Å². The van der Waals surface area contributed by atoms with Gasteiger partial charge in [-0.3, -0.25) is 4.79 Å². The zero-order valence-electron chi connectivity index (χ0n) is 10.2. The smallest absolute Gasteiger partial charge is 0.272 e. The minimum absolute atomic E-state index is 0.0734. The van der Waals surface area contributed by atoms with Crippen LogP contribution in [0.15, 0.2) is 47.1 Å². The Hall–Kier alpha value is -1.55. The summed E-state index contributed by atoms with van der Waals surface area (Å²) >= 11 is 3.37. The first-order valence-corrected chi connectivity index (χ1v) is 6.72. The van der Waals surface area contributed by atoms with Crippen LogP contribution in [0.1, 0.15) is 23.8 Å². The standard InChI is InChI=1S/C14H15BrN2O/c1-2-9-17-10-3-4-13(17)14(18)16-12-7-5-11(15)6-8-12/h3-8,10H,2,9H2,1H3,(H,16,18). The molecule has 0 spiro atoms. The van der Waals surface area contributed by atoms with Crippen LogP contribution in [-0.4, -0.2) is 10.5 Å². The Labute approximate surface area is 115 Å². The lowest BCUT2D eigenvalue weighted by Crippen LogP contribution is -2.16. The fraction of sp³-hybridized carbons (Fsp3) is 0.214. The highest BCUT2D eigenvalue weighted by Crippen LogP contribution is 2.15. The highest BCUT2D eigenvalue weighted by Gasteiger charge is 2.10. The highest BCUT2D eigenvalue weighted by molar-refractivity contribution is 9.10. The molecular weight excluding hydrogens is 292 g/mol. The quantitative estimate of drug-likeness (QED) is 0.913. The number of carbonyl (C=O) groups excluding carboxylic acids is 1. The maximum absolute atomic E-state index is 12.1. The predicted octanol–water partition coefficient (Wildman–Crippen LogP) is 3.91. The maximum atomic E-state index is 12.1. The van der Waals surface area contributed by atoms with Gasteiger partial charge in [0, 0.05) is 22.9 Å². The van der Waals surface area contributed by atoms with Crippen molar-refractivity contribution in [2.45, 2.75) is 19.9 Å². The molecule has 2 aromatic rings. The van der Waals surface area contributed by atoms with Gasteiger partial charge < -0.3 is 9.88 Å². The normalized spacial score (nSPS) is 10.3. The van der Waals surface area contributed by atoms with Crippen LogP contribution in [0.2, 0.25) is 0 Å². The molecule has 1 N–H and O–H groups in total. The Balaban J connectivity index is 2.11. The fourth-order valence-electron chi connectivity index (χ4n) is 1.78. The number of aromatic nitrogens is 1. The van der Waals surface area contributed by atoms with Crippen molar-refractivity contribution in [2.75, 3.05) is 5.32 Å². The molecule has 0 aliphatic heterocycles. The van der Waals surface area contributed by atoms with Crippen molar-refractivity contribution >= 4 is 27.5 Å². The van der Waals surface area contributed by atoms with E-state index in [1.165, 1.54) is 0 Å². The van der Waals surface area contributed by atoms with E-state index in [9.17, 15) is 4.79 Å². The minimum atomic E-state index is -0.0734. The first kappa shape index (κ1) is 12.9. The second-order valence-corrected chi connectivity index (χ2v) is 4.96. The molecule has 0 aliphatic rings. The van der Waals surface area contributed by atoms with E-state index in [2.05, 4.69) is 28.2 Å². The number of aryl methyl sites for hydroxylation is 1. The van der Waals surface area contributed by atoms with Crippen LogP contribution in [0.5, 0.6) is 0 Å². The van der Waals surface area contributed by atoms with E-state index in [0.717, 1.165) is 23.1 Å². The molecule has 1 amide bonds. The molecule has 0 unspecified atom stereocenters. The molecule has 0 atom stereocenters. The van der Waals surface area contributed by atoms with E-state index >= 15 is 0 Å². The van der Waals surface area contributed by atoms with Crippen molar-refractivity contribution in [3.05, 3.63) is 52.8 Å². The topological polar surface area (TPSA) is 34.0 Å². The summed E-state index contributed by atoms with van der Waals surface area (Å²) in [6, 6.07) is 11.3. The molecular formula is C14H15BrN2O. The number of benzene rings is 1. The van der Waals surface area contributed by atoms with Gasteiger partial charge in [-0.25, -0.2) is 0 Å². The van der Waals surface area contributed by atoms with E-state index in [-0.39, 0.29) is 5.91 Å². The predicted molar refractivity (Wildman–Crippen MR) is 76.8 cm³/mol. The van der Waals surface area contributed by atoms with Crippen LogP contribution < -0.4 is 5.32 Å². The van der Waals surface area contributed by atoms with E-state index < -0.39 is 0 Å². The molecule has 0 bridgehead atoms. The first-order valence-electron chi connectivity index (χ1n) is 5.92. The van der Waals surface area contributed by atoms with Crippen LogP contribution in [0.4, 0.5) is 5.69 Å². The van der Waals surface area contributed by atoms with Gasteiger partial charge >= 0.3 is 0 Å². The maximum Gasteiger partial charge on any atom is 0.272 e. The monoisotopic (exact) mass is 306 g/mol. The van der Waals surface area contributed by atoms with Gasteiger partial charge in [-0.05, 0) is 42.8 Å². The molecule has 1 heterocycles. The first-order chi connectivity index (χ1) is 8.70. The van der Waals surface area contributed by atoms with Gasteiger partial charge in [0.25, 0.3) is 5.91 Å². The van der Waals surface area contributed by atoms with Gasteiger partial charge in [0.2, 0.25) is 0 Å². The van der Waals surface area contributed by atoms with Crippen molar-refractivity contribution < 1.29 is 4.79 Å². The van der Waals surface area contributed by atoms with Gasteiger partial charge in [0.1, 0.15) is 5.69 Å². The summed E-state index contributed by atoms with van der Waals surface area (Å²) in [5.41, 5.74) is 1.49. The Morgan fingerprint density at radius 1 is 1.28 bits per heavy atom. The van der Waals surface area contributed by atoms with Gasteiger partial charge in [-0.1, -0.05) is 22.9 Å². The zero-order valence-corrected chi connectivity index (χ0v) is 11.8. The molecule has 1 aromatic heterocycles. The molecule has 0 saturated heterocycles. The third-order valence-corrected chi connectivity index (χ3v) is 3.16. The van der Waals surface area contributed by atoms with Gasteiger partial charge in [0.15, 0.2) is 0 Å². The average molecular weight is 307 g/mol. The summed E-state index contributed by atoms with van der Waals surface area (Å²) in [6.07, 6.45) is 2.94. The van der Waals surface area contributed by atoms with Crippen molar-refractivity contribution in [3.63, 3.8) is 0 Å². The third kappa shape index (κ3) is 3.01. The van der Waals surface area contributed by atoms with Crippen LogP contribution >= 0.6 is 15.9 Å². The number of hydrogen-bond acceptors (Lipinski definition) is 1. The van der Waals surface area contributed by atoms with Crippen LogP contribution in [0.25, 0.3) is 0 Å². The number of nitrogens with zero attached hydrogens (tertiary/aromatic N) is 1. The second-order valence-electron chi connectivity index (χ2n) is 4.05. The summed E-state index contributed by atoms with van der Waals surface area (Å²) < 4.78 is 2.96. The number of hydrogen-bond donors (Lipinski definition) is 1. The minimum Gasteiger partial charge on any atom is -0.344 e. The number of anilines is 1. The van der Waals surface area contributed by atoms with Crippen LogP contribution in [0.3, 0.4) is 0 Å². The average Bonchev–Trinajstić information content (AvgIpc) is 2.81. The Bertz CT molecular complexity index is 531. The lowest BCUT2D eigenvalue weighted by atomic mass is 10.3. The van der Waals surface area contributed by atoms with Crippen molar-refractivity contribution in [3.8, 4) is 0 Å². The second kappa shape index (κ2) is 5.87. The Morgan fingerprint density at radius 2 is 2.00 bits per heavy atom. The summed E-state index contributed by atoms with van der Waals surface area (Å²) in [5, 5.41) is 2.89. The third-order valence-electron chi connectivity index (χ3n) is 2.63. The Morgan fingerprint density at radius 3 is 2.67 bits per heavy atom. The van der Waals surface area contributed by atoms with E-state index in [1.54, 1.807) is 0 Å². The van der Waals surface area contributed by atoms with E-state index in [4.69, 9.17) is 0 Å². The lowest BCUT2D eigenvalue weighted by Gasteiger charge is -2.08. The summed E-state index contributed by atoms with van der Waals surface area (Å²) in [5.74, 6) is -0.0734. The number of halogens is 1. The molecule has 4 heteroatoms. The number of nitrogens with one attached hydrogen (secondary N) is 1. The molecule has 94 valence electrons. The number of amides is 1. The van der Waals surface area contributed by atoms with Gasteiger partial charge in [0.05, 0.1) is 0 Å². The SMILES string of the molecule is CCCn1cccc1C(=O)Nc1ccc(Br)cc1. The van der Waals surface area contributed by atoms with Crippen LogP contribution in [-0.2, 0) is 6.54 Å². The number of carbonyl (C=O) groups is 1. The summed E-state index contributed by atoms with van der Waals surface area (Å²) in [7, 11) is 0. The number of rotatable bonds is 4. The summed E-state index contributed by atoms with van der Waals surface area (Å²) in [6.45, 7) is 2.95. The molecule has 18 heavy (non-hydrogen) atoms. The van der Waals surface area contributed by atoms with Crippen LogP contribution in [0, 0.1) is 0 Å². The van der Waals surface area contributed by atoms with Gasteiger partial charge in [-0.2, -0.15) is 0 Å². The molecule has 2 rings (SSSR count). The summed E-state index contributed by atoms with van der Waals surface area (Å²) in [4.78, 5) is 12.1. The van der Waals surface area contributed by atoms with E-state index in [1.807, 2.05) is 47.2 Å². The van der Waals surface area contributed by atoms with Crippen molar-refractivity contribution in [1.29, 1.82) is 0 Å². The molecule has 0 aliphatic carbocycles. The van der Waals surface area contributed by atoms with E-state index in [0.29, 0.717) is 5.69 Å². The highest BCUT2D eigenvalue weighted by atomic mass is 79.9. The molecule has 0 fully saturated rings. The molecule has 3 nitrogen and oxygen atoms in total. The zero-order chi connectivity index (χ0) is 13.0. The fourth-order valence-corrected chi connectivity index (χ4v) is 2.05. The molecule has 0 saturated carbocycles. The van der Waals surface area contributed by atoms with Crippen molar-refractivity contribution in [1.82, 2.24) is 4.57 Å². The lowest BCUT2D eigenvalue weighted by molar-refractivity contribution is 0.101. The van der Waals surface area contributed by atoms with Gasteiger partial charge in [-0.15, -0.1) is 0 Å². The Kier molecular flexibility index (Phi) is 4.20.